The van der Waals surface area contributed by atoms with Gasteiger partial charge in [0.05, 0.1) is 5.56 Å². The third-order valence-corrected chi connectivity index (χ3v) is 1.91. The van der Waals surface area contributed by atoms with Crippen LogP contribution in [-0.2, 0) is 0 Å². The third kappa shape index (κ3) is 2.49. The fraction of sp³-hybridized carbons (Fsp3) is 0.417. The molecule has 2 N–H and O–H groups in total. The average Bonchev–Trinajstić information content (AvgIpc) is 2.19. The van der Waals surface area contributed by atoms with Crippen LogP contribution in [-0.4, -0.2) is 11.6 Å². The van der Waals surface area contributed by atoms with E-state index in [2.05, 4.69) is 4.99 Å². The van der Waals surface area contributed by atoms with E-state index < -0.39 is 5.72 Å². The number of nitrogens with two attached hydrogens (primary N) is 1. The number of rotatable bonds is 0. The predicted molar refractivity (Wildman–Crippen MR) is 63.2 cm³/mol. The molecule has 1 aromatic carbocycles. The number of amidine groups is 1. The van der Waals surface area contributed by atoms with Crippen LogP contribution in [0.3, 0.4) is 0 Å². The summed E-state index contributed by atoms with van der Waals surface area (Å²) in [4.78, 5) is 4.23. The lowest BCUT2D eigenvalue weighted by Crippen LogP contribution is -2.34. The van der Waals surface area contributed by atoms with E-state index in [4.69, 9.17) is 10.5 Å². The maximum atomic E-state index is 5.79. The number of para-hydroxylation sites is 1. The number of hydrogen-bond donors (Lipinski definition) is 1. The van der Waals surface area contributed by atoms with Gasteiger partial charge in [-0.3, -0.25) is 0 Å². The quantitative estimate of drug-likeness (QED) is 0.709. The first-order valence-corrected chi connectivity index (χ1v) is 5.22. The smallest absolute Gasteiger partial charge is 0.196 e. The molecule has 0 aromatic heterocycles. The lowest BCUT2D eigenvalue weighted by molar-refractivity contribution is 0.115. The van der Waals surface area contributed by atoms with Crippen LogP contribution in [0.1, 0.15) is 33.3 Å². The fourth-order valence-corrected chi connectivity index (χ4v) is 1.41. The largest absolute Gasteiger partial charge is 0.466 e. The molecule has 3 nitrogen and oxygen atoms in total. The van der Waals surface area contributed by atoms with Gasteiger partial charge in [-0.05, 0) is 26.0 Å². The fourth-order valence-electron chi connectivity index (χ4n) is 1.41. The van der Waals surface area contributed by atoms with Crippen LogP contribution in [0.25, 0.3) is 0 Å². The summed E-state index contributed by atoms with van der Waals surface area (Å²) in [5.74, 6) is 1.35. The molecule has 15 heavy (non-hydrogen) atoms. The SMILES string of the molecule is CC.CC1(C)N=C(N)c2ccccc2O1. The summed E-state index contributed by atoms with van der Waals surface area (Å²) < 4.78 is 5.62. The molecule has 0 bridgehead atoms. The Kier molecular flexibility index (Phi) is 3.35. The number of fused-ring (bicyclic) bond motifs is 1. The van der Waals surface area contributed by atoms with Gasteiger partial charge in [-0.25, -0.2) is 4.99 Å². The van der Waals surface area contributed by atoms with Gasteiger partial charge in [-0.2, -0.15) is 0 Å². The molecule has 3 heteroatoms. The first-order valence-electron chi connectivity index (χ1n) is 5.22. The van der Waals surface area contributed by atoms with Crippen molar-refractivity contribution in [1.29, 1.82) is 0 Å². The Labute approximate surface area is 91.0 Å². The molecule has 1 aliphatic heterocycles. The van der Waals surface area contributed by atoms with Gasteiger partial charge < -0.3 is 10.5 Å². The maximum absolute atomic E-state index is 5.79. The number of nitrogens with zero attached hydrogens (tertiary/aromatic N) is 1. The molecule has 1 aromatic rings. The van der Waals surface area contributed by atoms with Crippen LogP contribution in [0.2, 0.25) is 0 Å². The van der Waals surface area contributed by atoms with Crippen molar-refractivity contribution in [1.82, 2.24) is 0 Å². The van der Waals surface area contributed by atoms with Gasteiger partial charge in [-0.15, -0.1) is 0 Å². The summed E-state index contributed by atoms with van der Waals surface area (Å²) >= 11 is 0. The minimum absolute atomic E-state index is 0.543. The summed E-state index contributed by atoms with van der Waals surface area (Å²) in [5, 5.41) is 0. The van der Waals surface area contributed by atoms with Crippen molar-refractivity contribution in [3.8, 4) is 5.75 Å². The van der Waals surface area contributed by atoms with Gasteiger partial charge in [0, 0.05) is 0 Å². The Balaban J connectivity index is 0.000000531. The van der Waals surface area contributed by atoms with E-state index in [1.54, 1.807) is 0 Å². The second-order valence-corrected chi connectivity index (χ2v) is 3.54. The first kappa shape index (κ1) is 11.6. The summed E-state index contributed by atoms with van der Waals surface area (Å²) in [6, 6.07) is 7.65. The lowest BCUT2D eigenvalue weighted by atomic mass is 10.1. The van der Waals surface area contributed by atoms with E-state index in [-0.39, 0.29) is 0 Å². The van der Waals surface area contributed by atoms with Crippen molar-refractivity contribution in [2.24, 2.45) is 10.7 Å². The summed E-state index contributed by atoms with van der Waals surface area (Å²) in [6.07, 6.45) is 0. The van der Waals surface area contributed by atoms with Gasteiger partial charge in [0.2, 0.25) is 0 Å². The second kappa shape index (κ2) is 4.34. The molecule has 0 aliphatic carbocycles. The molecule has 0 saturated carbocycles. The Morgan fingerprint density at radius 1 is 1.20 bits per heavy atom. The molecule has 82 valence electrons. The molecule has 0 unspecified atom stereocenters. The van der Waals surface area contributed by atoms with Crippen LogP contribution in [0, 0.1) is 0 Å². The van der Waals surface area contributed by atoms with E-state index in [0.29, 0.717) is 5.84 Å². The van der Waals surface area contributed by atoms with Gasteiger partial charge in [0.25, 0.3) is 0 Å². The second-order valence-electron chi connectivity index (χ2n) is 3.54. The lowest BCUT2D eigenvalue weighted by Gasteiger charge is -2.28. The highest BCUT2D eigenvalue weighted by Gasteiger charge is 2.25. The third-order valence-electron chi connectivity index (χ3n) is 1.91. The Morgan fingerprint density at radius 3 is 2.47 bits per heavy atom. The van der Waals surface area contributed by atoms with E-state index >= 15 is 0 Å². The molecule has 1 aliphatic rings. The Bertz CT molecular complexity index is 370. The summed E-state index contributed by atoms with van der Waals surface area (Å²) in [7, 11) is 0. The van der Waals surface area contributed by atoms with Crippen molar-refractivity contribution in [2.45, 2.75) is 33.4 Å². The highest BCUT2D eigenvalue weighted by atomic mass is 16.5. The van der Waals surface area contributed by atoms with E-state index in [0.717, 1.165) is 11.3 Å². The maximum Gasteiger partial charge on any atom is 0.196 e. The van der Waals surface area contributed by atoms with Crippen molar-refractivity contribution in [2.75, 3.05) is 0 Å². The van der Waals surface area contributed by atoms with Crippen LogP contribution < -0.4 is 10.5 Å². The first-order chi connectivity index (χ1) is 7.08. The zero-order chi connectivity index (χ0) is 11.5. The van der Waals surface area contributed by atoms with Crippen molar-refractivity contribution in [3.63, 3.8) is 0 Å². The number of aliphatic imine (C=N–C) groups is 1. The van der Waals surface area contributed by atoms with Crippen molar-refractivity contribution in [3.05, 3.63) is 29.8 Å². The van der Waals surface area contributed by atoms with Crippen LogP contribution in [0.5, 0.6) is 5.75 Å². The molecule has 0 spiro atoms. The van der Waals surface area contributed by atoms with E-state index in [1.807, 2.05) is 52.0 Å². The minimum Gasteiger partial charge on any atom is -0.466 e. The van der Waals surface area contributed by atoms with Crippen LogP contribution in [0.15, 0.2) is 29.3 Å². The normalized spacial score (nSPS) is 16.4. The Morgan fingerprint density at radius 2 is 1.80 bits per heavy atom. The van der Waals surface area contributed by atoms with Crippen molar-refractivity contribution < 1.29 is 4.74 Å². The molecule has 0 saturated heterocycles. The number of benzene rings is 1. The molecule has 0 atom stereocenters. The molecule has 0 amide bonds. The van der Waals surface area contributed by atoms with Crippen LogP contribution >= 0.6 is 0 Å². The van der Waals surface area contributed by atoms with Gasteiger partial charge in [0.15, 0.2) is 5.72 Å². The van der Waals surface area contributed by atoms with Gasteiger partial charge in [-0.1, -0.05) is 26.0 Å². The van der Waals surface area contributed by atoms with Crippen LogP contribution in [0.4, 0.5) is 0 Å². The monoisotopic (exact) mass is 206 g/mol. The zero-order valence-corrected chi connectivity index (χ0v) is 9.74. The predicted octanol–water partition coefficient (Wildman–Crippen LogP) is 2.55. The minimum atomic E-state index is -0.543. The molecule has 1 heterocycles. The van der Waals surface area contributed by atoms with Gasteiger partial charge >= 0.3 is 0 Å². The average molecular weight is 206 g/mol. The Hall–Kier alpha value is -1.51. The van der Waals surface area contributed by atoms with E-state index in [9.17, 15) is 0 Å². The molecular weight excluding hydrogens is 188 g/mol. The number of hydrogen-bond acceptors (Lipinski definition) is 3. The van der Waals surface area contributed by atoms with Gasteiger partial charge in [0.1, 0.15) is 11.6 Å². The molecule has 2 rings (SSSR count). The zero-order valence-electron chi connectivity index (χ0n) is 9.74. The molecular formula is C12H18N2O. The highest BCUT2D eigenvalue weighted by molar-refractivity contribution is 6.00. The summed E-state index contributed by atoms with van der Waals surface area (Å²) in [5.41, 5.74) is 6.13. The number of ether oxygens (including phenoxy) is 1. The van der Waals surface area contributed by atoms with E-state index in [1.165, 1.54) is 0 Å². The summed E-state index contributed by atoms with van der Waals surface area (Å²) in [6.45, 7) is 7.77. The molecule has 0 fully saturated rings. The standard InChI is InChI=1S/C10H12N2O.C2H6/c1-10(2)12-9(11)7-5-3-4-6-8(7)13-10;1-2/h3-6H,1-2H3,(H2,11,12);1-2H3. The molecule has 0 radical (unpaired) electrons. The van der Waals surface area contributed by atoms with Crippen molar-refractivity contribution >= 4 is 5.84 Å². The topological polar surface area (TPSA) is 47.6 Å². The highest BCUT2D eigenvalue weighted by Crippen LogP contribution is 2.28.